The number of carbonyl (C=O) groups excluding carboxylic acids is 1. The molecule has 0 fully saturated rings. The van der Waals surface area contributed by atoms with Crippen molar-refractivity contribution in [3.8, 4) is 0 Å². The molecule has 22 heavy (non-hydrogen) atoms. The maximum Gasteiger partial charge on any atom is 0.304 e. The van der Waals surface area contributed by atoms with Crippen molar-refractivity contribution in [1.29, 1.82) is 0 Å². The predicted molar refractivity (Wildman–Crippen MR) is 86.7 cm³/mol. The third-order valence-electron chi connectivity index (χ3n) is 3.32. The Labute approximate surface area is 138 Å². The summed E-state index contributed by atoms with van der Waals surface area (Å²) in [6.45, 7) is 0. The number of rotatable bonds is 6. The summed E-state index contributed by atoms with van der Waals surface area (Å²) in [5, 5.41) is 9.69. The number of halogens is 2. The second-order valence-electron chi connectivity index (χ2n) is 4.98. The lowest BCUT2D eigenvalue weighted by molar-refractivity contribution is -0.137. The Morgan fingerprint density at radius 3 is 2.27 bits per heavy atom. The van der Waals surface area contributed by atoms with Crippen molar-refractivity contribution in [1.82, 2.24) is 0 Å². The van der Waals surface area contributed by atoms with E-state index in [4.69, 9.17) is 28.3 Å². The summed E-state index contributed by atoms with van der Waals surface area (Å²) >= 11 is 11.8. The lowest BCUT2D eigenvalue weighted by atomic mass is 9.89. The van der Waals surface area contributed by atoms with Crippen LogP contribution in [0.4, 0.5) is 0 Å². The number of ketones is 1. The number of carboxylic acids is 1. The molecule has 0 aliphatic heterocycles. The van der Waals surface area contributed by atoms with Crippen LogP contribution in [0.2, 0.25) is 10.0 Å². The van der Waals surface area contributed by atoms with Crippen molar-refractivity contribution in [3.63, 3.8) is 0 Å². The van der Waals surface area contributed by atoms with E-state index in [0.29, 0.717) is 17.0 Å². The number of hydrogen-bond donors (Lipinski definition) is 1. The van der Waals surface area contributed by atoms with E-state index in [1.807, 2.05) is 30.3 Å². The van der Waals surface area contributed by atoms with Crippen LogP contribution in [0.5, 0.6) is 0 Å². The Morgan fingerprint density at radius 1 is 1.00 bits per heavy atom. The van der Waals surface area contributed by atoms with Crippen LogP contribution in [0.1, 0.15) is 22.3 Å². The molecule has 1 atom stereocenters. The number of hydrogen-bond acceptors (Lipinski definition) is 2. The zero-order chi connectivity index (χ0) is 16.1. The second kappa shape index (κ2) is 7.43. The fraction of sp³-hybridized carbons (Fsp3) is 0.176. The first kappa shape index (κ1) is 16.5. The lowest BCUT2D eigenvalue weighted by Crippen LogP contribution is -2.21. The van der Waals surface area contributed by atoms with E-state index < -0.39 is 11.9 Å². The Morgan fingerprint density at radius 2 is 1.68 bits per heavy atom. The third kappa shape index (κ3) is 4.33. The van der Waals surface area contributed by atoms with E-state index in [1.165, 1.54) is 12.1 Å². The van der Waals surface area contributed by atoms with Crippen LogP contribution >= 0.6 is 23.2 Å². The SMILES string of the molecule is O=C(O)C[C@H](Cc1ccccc1)C(=O)c1ccc(Cl)c(Cl)c1. The molecule has 5 heteroatoms. The van der Waals surface area contributed by atoms with E-state index in [9.17, 15) is 9.59 Å². The van der Waals surface area contributed by atoms with Gasteiger partial charge in [0.15, 0.2) is 5.78 Å². The van der Waals surface area contributed by atoms with Gasteiger partial charge in [0.1, 0.15) is 0 Å². The van der Waals surface area contributed by atoms with Gasteiger partial charge in [0.25, 0.3) is 0 Å². The highest BCUT2D eigenvalue weighted by atomic mass is 35.5. The molecule has 0 saturated carbocycles. The topological polar surface area (TPSA) is 54.4 Å². The second-order valence-corrected chi connectivity index (χ2v) is 5.79. The van der Waals surface area contributed by atoms with Crippen molar-refractivity contribution in [2.45, 2.75) is 12.8 Å². The van der Waals surface area contributed by atoms with Gasteiger partial charge in [0, 0.05) is 11.5 Å². The molecule has 1 N–H and O–H groups in total. The van der Waals surface area contributed by atoms with E-state index in [1.54, 1.807) is 6.07 Å². The van der Waals surface area contributed by atoms with Crippen molar-refractivity contribution in [3.05, 3.63) is 69.7 Å². The fourth-order valence-corrected chi connectivity index (χ4v) is 2.55. The van der Waals surface area contributed by atoms with Crippen molar-refractivity contribution in [2.75, 3.05) is 0 Å². The molecule has 0 unspecified atom stereocenters. The molecule has 0 saturated heterocycles. The lowest BCUT2D eigenvalue weighted by Gasteiger charge is -2.14. The summed E-state index contributed by atoms with van der Waals surface area (Å²) in [4.78, 5) is 23.6. The minimum Gasteiger partial charge on any atom is -0.481 e. The van der Waals surface area contributed by atoms with Crippen LogP contribution in [0, 0.1) is 5.92 Å². The van der Waals surface area contributed by atoms with Gasteiger partial charge in [-0.25, -0.2) is 0 Å². The number of carbonyl (C=O) groups is 2. The zero-order valence-electron chi connectivity index (χ0n) is 11.6. The van der Waals surface area contributed by atoms with Gasteiger partial charge in [-0.05, 0) is 30.2 Å². The maximum atomic E-state index is 12.6. The van der Waals surface area contributed by atoms with Crippen molar-refractivity contribution in [2.24, 2.45) is 5.92 Å². The number of aliphatic carboxylic acids is 1. The van der Waals surface area contributed by atoms with Gasteiger partial charge in [0.2, 0.25) is 0 Å². The van der Waals surface area contributed by atoms with Gasteiger partial charge in [-0.3, -0.25) is 9.59 Å². The third-order valence-corrected chi connectivity index (χ3v) is 4.06. The highest BCUT2D eigenvalue weighted by Crippen LogP contribution is 2.25. The summed E-state index contributed by atoms with van der Waals surface area (Å²) in [7, 11) is 0. The highest BCUT2D eigenvalue weighted by Gasteiger charge is 2.23. The molecule has 0 heterocycles. The molecule has 0 aliphatic rings. The first-order chi connectivity index (χ1) is 10.5. The van der Waals surface area contributed by atoms with Crippen LogP contribution in [-0.4, -0.2) is 16.9 Å². The van der Waals surface area contributed by atoms with Gasteiger partial charge in [-0.1, -0.05) is 53.5 Å². The molecular weight excluding hydrogens is 323 g/mol. The molecule has 0 aliphatic carbocycles. The summed E-state index contributed by atoms with van der Waals surface area (Å²) in [6, 6.07) is 13.9. The van der Waals surface area contributed by atoms with Crippen molar-refractivity contribution < 1.29 is 14.7 Å². The molecule has 0 amide bonds. The standard InChI is InChI=1S/C17H14Cl2O3/c18-14-7-6-12(9-15(14)19)17(22)13(10-16(20)21)8-11-4-2-1-3-5-11/h1-7,9,13H,8,10H2,(H,20,21)/t13-/m0/s1. The van der Waals surface area contributed by atoms with Gasteiger partial charge in [-0.2, -0.15) is 0 Å². The van der Waals surface area contributed by atoms with E-state index in [2.05, 4.69) is 0 Å². The average Bonchev–Trinajstić information content (AvgIpc) is 2.49. The van der Waals surface area contributed by atoms with Crippen molar-refractivity contribution >= 4 is 35.0 Å². The average molecular weight is 337 g/mol. The summed E-state index contributed by atoms with van der Waals surface area (Å²) < 4.78 is 0. The minimum absolute atomic E-state index is 0.228. The molecule has 0 aromatic heterocycles. The summed E-state index contributed by atoms with van der Waals surface area (Å²) in [5.41, 5.74) is 1.29. The quantitative estimate of drug-likeness (QED) is 0.789. The van der Waals surface area contributed by atoms with E-state index in [0.717, 1.165) is 5.56 Å². The Balaban J connectivity index is 2.25. The molecular formula is C17H14Cl2O3. The molecule has 2 aromatic carbocycles. The minimum atomic E-state index is -1.01. The largest absolute Gasteiger partial charge is 0.481 e. The summed E-state index contributed by atoms with van der Waals surface area (Å²) in [6.07, 6.45) is 0.139. The molecule has 114 valence electrons. The molecule has 0 radical (unpaired) electrons. The van der Waals surface area contributed by atoms with E-state index >= 15 is 0 Å². The normalized spacial score (nSPS) is 11.9. The van der Waals surface area contributed by atoms with Crippen LogP contribution < -0.4 is 0 Å². The number of carboxylic acid groups (broad SMARTS) is 1. The first-order valence-corrected chi connectivity index (χ1v) is 7.48. The van der Waals surface area contributed by atoms with Gasteiger partial charge >= 0.3 is 5.97 Å². The number of benzene rings is 2. The van der Waals surface area contributed by atoms with Crippen LogP contribution in [-0.2, 0) is 11.2 Å². The fourth-order valence-electron chi connectivity index (χ4n) is 2.25. The van der Waals surface area contributed by atoms with Gasteiger partial charge < -0.3 is 5.11 Å². The Kier molecular flexibility index (Phi) is 5.58. The van der Waals surface area contributed by atoms with Gasteiger partial charge in [0.05, 0.1) is 16.5 Å². The van der Waals surface area contributed by atoms with Crippen LogP contribution in [0.15, 0.2) is 48.5 Å². The molecule has 3 nitrogen and oxygen atoms in total. The molecule has 0 bridgehead atoms. The Bertz CT molecular complexity index is 684. The summed E-state index contributed by atoms with van der Waals surface area (Å²) in [5.74, 6) is -1.89. The molecule has 0 spiro atoms. The maximum absolute atomic E-state index is 12.6. The highest BCUT2D eigenvalue weighted by molar-refractivity contribution is 6.42. The van der Waals surface area contributed by atoms with Gasteiger partial charge in [-0.15, -0.1) is 0 Å². The first-order valence-electron chi connectivity index (χ1n) is 6.72. The molecule has 2 aromatic rings. The monoisotopic (exact) mass is 336 g/mol. The van der Waals surface area contributed by atoms with Crippen LogP contribution in [0.3, 0.4) is 0 Å². The smallest absolute Gasteiger partial charge is 0.304 e. The molecule has 2 rings (SSSR count). The Hall–Kier alpha value is -1.84. The zero-order valence-corrected chi connectivity index (χ0v) is 13.1. The van der Waals surface area contributed by atoms with E-state index in [-0.39, 0.29) is 17.2 Å². The van der Waals surface area contributed by atoms with Crippen LogP contribution in [0.25, 0.3) is 0 Å². The predicted octanol–water partition coefficient (Wildman–Crippen LogP) is 4.51. The number of Topliss-reactive ketones (excluding diaryl/α,β-unsaturated/α-hetero) is 1.